The summed E-state index contributed by atoms with van der Waals surface area (Å²) in [6, 6.07) is 5.20. The predicted molar refractivity (Wildman–Crippen MR) is 66.9 cm³/mol. The van der Waals surface area contributed by atoms with E-state index in [4.69, 9.17) is 4.74 Å². The minimum Gasteiger partial charge on any atom is -0.383 e. The van der Waals surface area contributed by atoms with Gasteiger partial charge in [0.25, 0.3) is 0 Å². The highest BCUT2D eigenvalue weighted by Gasteiger charge is 2.19. The third-order valence-corrected chi connectivity index (χ3v) is 3.24. The number of hydrogen-bond acceptors (Lipinski definition) is 3. The number of benzene rings is 1. The molecule has 0 amide bonds. The maximum absolute atomic E-state index is 12.9. The van der Waals surface area contributed by atoms with Crippen LogP contribution in [0.1, 0.15) is 5.56 Å². The molecule has 1 N–H and O–H groups in total. The van der Waals surface area contributed by atoms with Crippen LogP contribution in [0.4, 0.5) is 10.1 Å². The van der Waals surface area contributed by atoms with E-state index in [1.807, 2.05) is 6.92 Å². The number of anilines is 1. The van der Waals surface area contributed by atoms with Crippen molar-refractivity contribution in [2.75, 3.05) is 38.7 Å². The summed E-state index contributed by atoms with van der Waals surface area (Å²) in [5, 5.41) is 3.35. The first-order valence-electron chi connectivity index (χ1n) is 5.95. The highest BCUT2D eigenvalue weighted by Crippen LogP contribution is 2.16. The molecule has 1 aromatic carbocycles. The summed E-state index contributed by atoms with van der Waals surface area (Å²) in [7, 11) is 2.10. The number of nitrogens with one attached hydrogen (secondary N) is 1. The van der Waals surface area contributed by atoms with E-state index in [2.05, 4.69) is 17.3 Å². The van der Waals surface area contributed by atoms with Gasteiger partial charge in [0.15, 0.2) is 0 Å². The normalized spacial score (nSPS) is 21.5. The van der Waals surface area contributed by atoms with Crippen LogP contribution in [0.3, 0.4) is 0 Å². The molecule has 4 heteroatoms. The lowest BCUT2D eigenvalue weighted by Crippen LogP contribution is -2.46. The highest BCUT2D eigenvalue weighted by atomic mass is 19.1. The molecule has 1 unspecified atom stereocenters. The molecule has 1 saturated heterocycles. The van der Waals surface area contributed by atoms with Crippen molar-refractivity contribution in [1.82, 2.24) is 4.90 Å². The molecule has 3 nitrogen and oxygen atoms in total. The number of likely N-dealkylation sites (N-methyl/N-ethyl adjacent to an activating group) is 1. The first-order chi connectivity index (χ1) is 8.16. The third-order valence-electron chi connectivity index (χ3n) is 3.24. The Morgan fingerprint density at radius 3 is 3.06 bits per heavy atom. The lowest BCUT2D eigenvalue weighted by atomic mass is 10.1. The maximum Gasteiger partial charge on any atom is 0.123 e. The molecule has 0 radical (unpaired) electrons. The Morgan fingerprint density at radius 2 is 2.35 bits per heavy atom. The fourth-order valence-corrected chi connectivity index (χ4v) is 2.01. The lowest BCUT2D eigenvalue weighted by Gasteiger charge is -2.32. The van der Waals surface area contributed by atoms with Crippen LogP contribution >= 0.6 is 0 Å². The van der Waals surface area contributed by atoms with Gasteiger partial charge in [-0.2, -0.15) is 0 Å². The Kier molecular flexibility index (Phi) is 3.97. The van der Waals surface area contributed by atoms with E-state index in [0.29, 0.717) is 6.04 Å². The van der Waals surface area contributed by atoms with E-state index < -0.39 is 0 Å². The monoisotopic (exact) mass is 238 g/mol. The quantitative estimate of drug-likeness (QED) is 0.870. The van der Waals surface area contributed by atoms with Crippen LogP contribution in [-0.2, 0) is 4.74 Å². The van der Waals surface area contributed by atoms with Gasteiger partial charge in [-0.05, 0) is 37.7 Å². The Balaban J connectivity index is 1.92. The van der Waals surface area contributed by atoms with E-state index >= 15 is 0 Å². The fraction of sp³-hybridized carbons (Fsp3) is 0.538. The first-order valence-corrected chi connectivity index (χ1v) is 5.95. The molecule has 1 heterocycles. The molecule has 17 heavy (non-hydrogen) atoms. The average molecular weight is 238 g/mol. The summed E-state index contributed by atoms with van der Waals surface area (Å²) in [5.41, 5.74) is 1.93. The summed E-state index contributed by atoms with van der Waals surface area (Å²) in [5.74, 6) is -0.189. The van der Waals surface area contributed by atoms with Gasteiger partial charge in [0.05, 0.1) is 19.3 Å². The Hall–Kier alpha value is -1.13. The minimum atomic E-state index is -0.189. The Morgan fingerprint density at radius 1 is 1.53 bits per heavy atom. The van der Waals surface area contributed by atoms with Crippen molar-refractivity contribution in [2.24, 2.45) is 0 Å². The fourth-order valence-electron chi connectivity index (χ4n) is 2.01. The molecule has 0 aromatic heterocycles. The minimum absolute atomic E-state index is 0.189. The lowest BCUT2D eigenvalue weighted by molar-refractivity contribution is 0.0110. The molecule has 2 rings (SSSR count). The molecule has 1 atom stereocenters. The van der Waals surface area contributed by atoms with Crippen molar-refractivity contribution in [3.05, 3.63) is 29.6 Å². The summed E-state index contributed by atoms with van der Waals surface area (Å²) in [6.45, 7) is 5.26. The van der Waals surface area contributed by atoms with Gasteiger partial charge in [0.1, 0.15) is 5.82 Å². The SMILES string of the molecule is Cc1cc(F)ccc1NCC1COCCN1C. The zero-order valence-electron chi connectivity index (χ0n) is 10.4. The number of nitrogens with zero attached hydrogens (tertiary/aromatic N) is 1. The van der Waals surface area contributed by atoms with Crippen LogP contribution < -0.4 is 5.32 Å². The van der Waals surface area contributed by atoms with Crippen LogP contribution in [0.2, 0.25) is 0 Å². The largest absolute Gasteiger partial charge is 0.383 e. The van der Waals surface area contributed by atoms with Crippen LogP contribution in [0.5, 0.6) is 0 Å². The van der Waals surface area contributed by atoms with E-state index in [0.717, 1.165) is 37.6 Å². The summed E-state index contributed by atoms with van der Waals surface area (Å²) in [6.07, 6.45) is 0. The van der Waals surface area contributed by atoms with Crippen molar-refractivity contribution in [3.63, 3.8) is 0 Å². The molecule has 0 saturated carbocycles. The van der Waals surface area contributed by atoms with Gasteiger partial charge in [-0.1, -0.05) is 0 Å². The number of morpholine rings is 1. The molecule has 0 aliphatic carbocycles. The van der Waals surface area contributed by atoms with Crippen LogP contribution in [0.15, 0.2) is 18.2 Å². The molecular weight excluding hydrogens is 219 g/mol. The maximum atomic E-state index is 12.9. The predicted octanol–water partition coefficient (Wildman–Crippen LogP) is 1.88. The highest BCUT2D eigenvalue weighted by molar-refractivity contribution is 5.50. The van der Waals surface area contributed by atoms with Crippen LogP contribution in [-0.4, -0.2) is 44.3 Å². The molecule has 0 bridgehead atoms. The summed E-state index contributed by atoms with van der Waals surface area (Å²) in [4.78, 5) is 2.29. The zero-order valence-corrected chi connectivity index (χ0v) is 10.4. The molecular formula is C13H19FN2O. The van der Waals surface area contributed by atoms with E-state index in [-0.39, 0.29) is 5.82 Å². The van der Waals surface area contributed by atoms with E-state index in [9.17, 15) is 4.39 Å². The Labute approximate surface area is 102 Å². The zero-order chi connectivity index (χ0) is 12.3. The number of rotatable bonds is 3. The van der Waals surface area contributed by atoms with Gasteiger partial charge in [0, 0.05) is 18.8 Å². The van der Waals surface area contributed by atoms with Crippen molar-refractivity contribution < 1.29 is 9.13 Å². The van der Waals surface area contributed by atoms with Gasteiger partial charge in [-0.3, -0.25) is 4.90 Å². The van der Waals surface area contributed by atoms with Gasteiger partial charge in [-0.25, -0.2) is 4.39 Å². The van der Waals surface area contributed by atoms with Gasteiger partial charge >= 0.3 is 0 Å². The van der Waals surface area contributed by atoms with Crippen molar-refractivity contribution in [3.8, 4) is 0 Å². The number of ether oxygens (including phenoxy) is 1. The van der Waals surface area contributed by atoms with Crippen LogP contribution in [0.25, 0.3) is 0 Å². The van der Waals surface area contributed by atoms with Gasteiger partial charge < -0.3 is 10.1 Å². The van der Waals surface area contributed by atoms with E-state index in [1.165, 1.54) is 6.07 Å². The average Bonchev–Trinajstić information content (AvgIpc) is 2.30. The first kappa shape index (κ1) is 12.3. The third kappa shape index (κ3) is 3.17. The standard InChI is InChI=1S/C13H19FN2O/c1-10-7-11(14)3-4-13(10)15-8-12-9-17-6-5-16(12)2/h3-4,7,12,15H,5-6,8-9H2,1-2H3. The Bertz CT molecular complexity index is 384. The van der Waals surface area contributed by atoms with Gasteiger partial charge in [0.2, 0.25) is 0 Å². The molecule has 1 fully saturated rings. The molecule has 94 valence electrons. The van der Waals surface area contributed by atoms with Crippen molar-refractivity contribution in [2.45, 2.75) is 13.0 Å². The number of halogens is 1. The molecule has 1 aliphatic heterocycles. The second-order valence-corrected chi connectivity index (χ2v) is 4.55. The number of aryl methyl sites for hydroxylation is 1. The van der Waals surface area contributed by atoms with E-state index in [1.54, 1.807) is 12.1 Å². The molecule has 0 spiro atoms. The van der Waals surface area contributed by atoms with Crippen molar-refractivity contribution in [1.29, 1.82) is 0 Å². The smallest absolute Gasteiger partial charge is 0.123 e. The molecule has 1 aromatic rings. The number of hydrogen-bond donors (Lipinski definition) is 1. The second kappa shape index (κ2) is 5.47. The van der Waals surface area contributed by atoms with Gasteiger partial charge in [-0.15, -0.1) is 0 Å². The van der Waals surface area contributed by atoms with Crippen molar-refractivity contribution >= 4 is 5.69 Å². The topological polar surface area (TPSA) is 24.5 Å². The molecule has 1 aliphatic rings. The van der Waals surface area contributed by atoms with Crippen LogP contribution in [0, 0.1) is 12.7 Å². The summed E-state index contributed by atoms with van der Waals surface area (Å²) >= 11 is 0. The second-order valence-electron chi connectivity index (χ2n) is 4.55. The summed E-state index contributed by atoms with van der Waals surface area (Å²) < 4.78 is 18.4.